The van der Waals surface area contributed by atoms with Gasteiger partial charge in [-0.3, -0.25) is 4.79 Å². The number of carbonyl (C=O) groups is 1. The Bertz CT molecular complexity index is 1130. The van der Waals surface area contributed by atoms with Crippen molar-refractivity contribution >= 4 is 35.5 Å². The van der Waals surface area contributed by atoms with E-state index in [0.29, 0.717) is 28.6 Å². The first-order chi connectivity index (χ1) is 15.5. The van der Waals surface area contributed by atoms with Crippen LogP contribution in [0.3, 0.4) is 0 Å². The van der Waals surface area contributed by atoms with Crippen molar-refractivity contribution in [1.29, 1.82) is 0 Å². The standard InChI is InChI=1S/C26H26N2O4/c1-30-23-16-19(17-24(31-2)26(23)32-3)11-13-20-8-4-5-10-22(20)28-25(29)14-12-18-7-6-9-21(27)15-18/h4-17H,27H2,1-3H3,(H,28,29)/b13-11?,14-12+. The largest absolute Gasteiger partial charge is 0.493 e. The number of amides is 1. The number of hydrogen-bond donors (Lipinski definition) is 2. The molecule has 0 atom stereocenters. The number of methoxy groups -OCH3 is 3. The van der Waals surface area contributed by atoms with Gasteiger partial charge in [0.05, 0.1) is 21.3 Å². The van der Waals surface area contributed by atoms with Crippen LogP contribution < -0.4 is 25.3 Å². The Hall–Kier alpha value is -4.19. The Balaban J connectivity index is 1.79. The van der Waals surface area contributed by atoms with E-state index in [0.717, 1.165) is 16.7 Å². The fourth-order valence-corrected chi connectivity index (χ4v) is 3.15. The van der Waals surface area contributed by atoms with E-state index in [-0.39, 0.29) is 5.91 Å². The van der Waals surface area contributed by atoms with Gasteiger partial charge in [-0.25, -0.2) is 0 Å². The molecule has 0 saturated carbocycles. The Morgan fingerprint density at radius 3 is 2.19 bits per heavy atom. The van der Waals surface area contributed by atoms with Crippen molar-refractivity contribution in [1.82, 2.24) is 0 Å². The number of anilines is 2. The van der Waals surface area contributed by atoms with E-state index in [2.05, 4.69) is 5.32 Å². The van der Waals surface area contributed by atoms with Crippen molar-refractivity contribution in [3.05, 3.63) is 83.4 Å². The minimum absolute atomic E-state index is 0.235. The first-order valence-electron chi connectivity index (χ1n) is 9.95. The first-order valence-corrected chi connectivity index (χ1v) is 9.95. The Morgan fingerprint density at radius 2 is 1.53 bits per heavy atom. The second-order valence-corrected chi connectivity index (χ2v) is 6.87. The molecule has 0 fully saturated rings. The number of para-hydroxylation sites is 1. The van der Waals surface area contributed by atoms with Crippen LogP contribution in [0.5, 0.6) is 17.2 Å². The summed E-state index contributed by atoms with van der Waals surface area (Å²) < 4.78 is 16.2. The normalized spacial score (nSPS) is 11.0. The fraction of sp³-hybridized carbons (Fsp3) is 0.115. The topological polar surface area (TPSA) is 82.8 Å². The molecule has 3 aromatic carbocycles. The van der Waals surface area contributed by atoms with E-state index in [1.807, 2.05) is 60.7 Å². The molecular weight excluding hydrogens is 404 g/mol. The molecule has 3 aromatic rings. The van der Waals surface area contributed by atoms with E-state index >= 15 is 0 Å². The number of nitrogens with two attached hydrogens (primary N) is 1. The second-order valence-electron chi connectivity index (χ2n) is 6.87. The minimum atomic E-state index is -0.235. The molecule has 0 heterocycles. The fourth-order valence-electron chi connectivity index (χ4n) is 3.15. The maximum absolute atomic E-state index is 12.4. The summed E-state index contributed by atoms with van der Waals surface area (Å²) in [4.78, 5) is 12.4. The Labute approximate surface area is 187 Å². The number of benzene rings is 3. The molecule has 3 rings (SSSR count). The summed E-state index contributed by atoms with van der Waals surface area (Å²) in [6.45, 7) is 0. The summed E-state index contributed by atoms with van der Waals surface area (Å²) in [5, 5.41) is 2.92. The van der Waals surface area contributed by atoms with Crippen LogP contribution in [0.1, 0.15) is 16.7 Å². The predicted molar refractivity (Wildman–Crippen MR) is 130 cm³/mol. The number of nitrogens with one attached hydrogen (secondary N) is 1. The second kappa shape index (κ2) is 10.7. The third kappa shape index (κ3) is 5.70. The van der Waals surface area contributed by atoms with E-state index in [9.17, 15) is 4.79 Å². The summed E-state index contributed by atoms with van der Waals surface area (Å²) in [7, 11) is 4.72. The van der Waals surface area contributed by atoms with E-state index in [1.165, 1.54) is 6.08 Å². The van der Waals surface area contributed by atoms with Crippen molar-refractivity contribution in [3.8, 4) is 17.2 Å². The lowest BCUT2D eigenvalue weighted by molar-refractivity contribution is -0.111. The first kappa shape index (κ1) is 22.5. The number of rotatable bonds is 8. The van der Waals surface area contributed by atoms with Gasteiger partial charge in [-0.2, -0.15) is 0 Å². The van der Waals surface area contributed by atoms with Gasteiger partial charge in [-0.05, 0) is 53.1 Å². The van der Waals surface area contributed by atoms with Gasteiger partial charge >= 0.3 is 0 Å². The van der Waals surface area contributed by atoms with Gasteiger partial charge in [-0.1, -0.05) is 42.5 Å². The third-order valence-electron chi connectivity index (χ3n) is 4.70. The van der Waals surface area contributed by atoms with Gasteiger partial charge in [0.2, 0.25) is 11.7 Å². The maximum atomic E-state index is 12.4. The van der Waals surface area contributed by atoms with Crippen LogP contribution in [0.2, 0.25) is 0 Å². The summed E-state index contributed by atoms with van der Waals surface area (Å²) >= 11 is 0. The SMILES string of the molecule is COc1cc(C=Cc2ccccc2NC(=O)/C=C/c2cccc(N)c2)cc(OC)c1OC. The van der Waals surface area contributed by atoms with Crippen molar-refractivity contribution in [2.75, 3.05) is 32.4 Å². The van der Waals surface area contributed by atoms with Gasteiger partial charge < -0.3 is 25.3 Å². The third-order valence-corrected chi connectivity index (χ3v) is 4.70. The average molecular weight is 431 g/mol. The van der Waals surface area contributed by atoms with Gasteiger partial charge in [-0.15, -0.1) is 0 Å². The Morgan fingerprint density at radius 1 is 0.812 bits per heavy atom. The molecule has 0 bridgehead atoms. The van der Waals surface area contributed by atoms with Gasteiger partial charge in [0.1, 0.15) is 0 Å². The van der Waals surface area contributed by atoms with E-state index in [4.69, 9.17) is 19.9 Å². The predicted octanol–water partition coefficient (Wildman–Crippen LogP) is 5.12. The van der Waals surface area contributed by atoms with Crippen molar-refractivity contribution < 1.29 is 19.0 Å². The molecule has 3 N–H and O–H groups in total. The highest BCUT2D eigenvalue weighted by Crippen LogP contribution is 2.38. The molecule has 0 saturated heterocycles. The molecule has 0 radical (unpaired) electrons. The van der Waals surface area contributed by atoms with Crippen molar-refractivity contribution in [2.24, 2.45) is 0 Å². The molecule has 0 spiro atoms. The quantitative estimate of drug-likeness (QED) is 0.295. The minimum Gasteiger partial charge on any atom is -0.493 e. The van der Waals surface area contributed by atoms with Gasteiger partial charge in [0.25, 0.3) is 0 Å². The van der Waals surface area contributed by atoms with Crippen LogP contribution in [0.15, 0.2) is 66.7 Å². The van der Waals surface area contributed by atoms with E-state index < -0.39 is 0 Å². The summed E-state index contributed by atoms with van der Waals surface area (Å²) in [5.41, 5.74) is 9.69. The van der Waals surface area contributed by atoms with Crippen LogP contribution in [0, 0.1) is 0 Å². The maximum Gasteiger partial charge on any atom is 0.248 e. The van der Waals surface area contributed by atoms with Crippen LogP contribution in [0.25, 0.3) is 18.2 Å². The van der Waals surface area contributed by atoms with Crippen molar-refractivity contribution in [2.45, 2.75) is 0 Å². The molecule has 0 aromatic heterocycles. The molecule has 1 amide bonds. The molecule has 0 aliphatic carbocycles. The molecule has 164 valence electrons. The monoisotopic (exact) mass is 430 g/mol. The molecule has 0 unspecified atom stereocenters. The van der Waals surface area contributed by atoms with Crippen LogP contribution in [-0.4, -0.2) is 27.2 Å². The highest BCUT2D eigenvalue weighted by molar-refractivity contribution is 6.03. The van der Waals surface area contributed by atoms with Gasteiger partial charge in [0, 0.05) is 17.5 Å². The highest BCUT2D eigenvalue weighted by atomic mass is 16.5. The number of hydrogen-bond acceptors (Lipinski definition) is 5. The van der Waals surface area contributed by atoms with Crippen LogP contribution in [0.4, 0.5) is 11.4 Å². The van der Waals surface area contributed by atoms with Gasteiger partial charge in [0.15, 0.2) is 11.5 Å². The van der Waals surface area contributed by atoms with Crippen LogP contribution in [-0.2, 0) is 4.79 Å². The lowest BCUT2D eigenvalue weighted by Gasteiger charge is -2.13. The number of ether oxygens (including phenoxy) is 3. The molecule has 0 aliphatic heterocycles. The molecule has 32 heavy (non-hydrogen) atoms. The van der Waals surface area contributed by atoms with E-state index in [1.54, 1.807) is 39.5 Å². The Kier molecular flexibility index (Phi) is 7.54. The molecule has 6 heteroatoms. The zero-order valence-corrected chi connectivity index (χ0v) is 18.3. The summed E-state index contributed by atoms with van der Waals surface area (Å²) in [6, 6.07) is 18.6. The zero-order chi connectivity index (χ0) is 22.9. The smallest absolute Gasteiger partial charge is 0.248 e. The molecule has 0 aliphatic rings. The average Bonchev–Trinajstić information content (AvgIpc) is 2.81. The summed E-state index contributed by atoms with van der Waals surface area (Å²) in [5.74, 6) is 1.44. The lowest BCUT2D eigenvalue weighted by Crippen LogP contribution is -2.08. The zero-order valence-electron chi connectivity index (χ0n) is 18.3. The van der Waals surface area contributed by atoms with Crippen LogP contribution >= 0.6 is 0 Å². The summed E-state index contributed by atoms with van der Waals surface area (Å²) in [6.07, 6.45) is 7.03. The molecule has 6 nitrogen and oxygen atoms in total. The number of nitrogen functional groups attached to an aromatic ring is 1. The number of carbonyl (C=O) groups excluding carboxylic acids is 1. The lowest BCUT2D eigenvalue weighted by atomic mass is 10.1. The molecular formula is C26H26N2O4. The van der Waals surface area contributed by atoms with Crippen molar-refractivity contribution in [3.63, 3.8) is 0 Å². The highest BCUT2D eigenvalue weighted by Gasteiger charge is 2.12.